The number of hydrogen-bond acceptors (Lipinski definition) is 5. The third-order valence-electron chi connectivity index (χ3n) is 5.69. The molecule has 1 N–H and O–H groups in total. The summed E-state index contributed by atoms with van der Waals surface area (Å²) in [6, 6.07) is 8.43. The Balaban J connectivity index is 1.68. The molecule has 1 amide bonds. The third kappa shape index (κ3) is 3.32. The van der Waals surface area contributed by atoms with Crippen LogP contribution in [0.3, 0.4) is 0 Å². The molecule has 144 valence electrons. The molecule has 1 unspecified atom stereocenters. The maximum Gasteiger partial charge on any atom is 0.280 e. The zero-order valence-electron chi connectivity index (χ0n) is 16.4. The zero-order chi connectivity index (χ0) is 19.0. The number of hydrogen-bond donors (Lipinski definition) is 1. The first kappa shape index (κ1) is 18.0. The Hall–Kier alpha value is -2.41. The van der Waals surface area contributed by atoms with E-state index in [4.69, 9.17) is 0 Å². The lowest BCUT2D eigenvalue weighted by molar-refractivity contribution is 0.0978. The highest BCUT2D eigenvalue weighted by Gasteiger charge is 2.31. The van der Waals surface area contributed by atoms with Crippen LogP contribution in [0.4, 0.5) is 11.4 Å². The first-order chi connectivity index (χ1) is 13.1. The second-order valence-corrected chi connectivity index (χ2v) is 7.84. The smallest absolute Gasteiger partial charge is 0.280 e. The van der Waals surface area contributed by atoms with Crippen LogP contribution in [0.1, 0.15) is 42.0 Å². The molecule has 7 heteroatoms. The van der Waals surface area contributed by atoms with E-state index in [0.717, 1.165) is 49.5 Å². The average Bonchev–Trinajstić information content (AvgIpc) is 3.01. The molecule has 27 heavy (non-hydrogen) atoms. The lowest BCUT2D eigenvalue weighted by atomic mass is 10.1. The third-order valence-corrected chi connectivity index (χ3v) is 5.69. The first-order valence-corrected chi connectivity index (χ1v) is 9.80. The van der Waals surface area contributed by atoms with Crippen molar-refractivity contribution < 1.29 is 4.79 Å². The van der Waals surface area contributed by atoms with E-state index in [1.807, 2.05) is 34.7 Å². The number of nitrogens with zero attached hydrogens (tertiary/aromatic N) is 5. The highest BCUT2D eigenvalue weighted by atomic mass is 16.2. The van der Waals surface area contributed by atoms with Gasteiger partial charge in [0.05, 0.1) is 23.1 Å². The van der Waals surface area contributed by atoms with Crippen LogP contribution in [0.15, 0.2) is 24.3 Å². The molecule has 1 aromatic carbocycles. The Morgan fingerprint density at radius 2 is 1.85 bits per heavy atom. The SMILES string of the molecule is Cc1c(C(=O)N2CC(C)CN(C)c3ccccc32)nnn1C1CCNCC1. The molecule has 1 aromatic heterocycles. The molecule has 0 bridgehead atoms. The summed E-state index contributed by atoms with van der Waals surface area (Å²) in [6.45, 7) is 7.71. The number of benzene rings is 1. The number of anilines is 2. The number of amides is 1. The second kappa shape index (κ2) is 7.31. The lowest BCUT2D eigenvalue weighted by Gasteiger charge is -2.25. The number of para-hydroxylation sites is 2. The molecule has 2 aliphatic heterocycles. The zero-order valence-corrected chi connectivity index (χ0v) is 16.4. The fourth-order valence-electron chi connectivity index (χ4n) is 4.31. The van der Waals surface area contributed by atoms with E-state index >= 15 is 0 Å². The van der Waals surface area contributed by atoms with E-state index in [0.29, 0.717) is 24.2 Å². The molecule has 7 nitrogen and oxygen atoms in total. The van der Waals surface area contributed by atoms with Gasteiger partial charge in [-0.3, -0.25) is 4.79 Å². The van der Waals surface area contributed by atoms with Gasteiger partial charge in [0.25, 0.3) is 5.91 Å². The molecule has 1 saturated heterocycles. The summed E-state index contributed by atoms with van der Waals surface area (Å²) in [6.07, 6.45) is 2.04. The minimum atomic E-state index is -0.0534. The summed E-state index contributed by atoms with van der Waals surface area (Å²) in [4.78, 5) is 17.6. The van der Waals surface area contributed by atoms with Crippen molar-refractivity contribution in [2.45, 2.75) is 32.7 Å². The van der Waals surface area contributed by atoms with Crippen LogP contribution in [-0.2, 0) is 0 Å². The number of carbonyl (C=O) groups excluding carboxylic acids is 1. The van der Waals surface area contributed by atoms with Crippen molar-refractivity contribution in [3.8, 4) is 0 Å². The first-order valence-electron chi connectivity index (χ1n) is 9.80. The molecule has 4 rings (SSSR count). The predicted molar refractivity (Wildman–Crippen MR) is 106 cm³/mol. The number of aromatic nitrogens is 3. The molecule has 0 spiro atoms. The van der Waals surface area contributed by atoms with Gasteiger partial charge in [-0.05, 0) is 50.9 Å². The molecule has 1 atom stereocenters. The summed E-state index contributed by atoms with van der Waals surface area (Å²) in [5, 5.41) is 12.0. The van der Waals surface area contributed by atoms with Crippen LogP contribution < -0.4 is 15.1 Å². The molecule has 0 saturated carbocycles. The van der Waals surface area contributed by atoms with E-state index in [1.54, 1.807) is 0 Å². The number of piperidine rings is 1. The topological polar surface area (TPSA) is 66.3 Å². The second-order valence-electron chi connectivity index (χ2n) is 7.84. The van der Waals surface area contributed by atoms with Gasteiger partial charge in [-0.2, -0.15) is 0 Å². The fourth-order valence-corrected chi connectivity index (χ4v) is 4.31. The minimum absolute atomic E-state index is 0.0534. The Labute approximate surface area is 160 Å². The summed E-state index contributed by atoms with van der Waals surface area (Å²) >= 11 is 0. The molecule has 0 aliphatic carbocycles. The van der Waals surface area contributed by atoms with Gasteiger partial charge in [0.1, 0.15) is 0 Å². The maximum absolute atomic E-state index is 13.5. The van der Waals surface area contributed by atoms with Crippen LogP contribution in [-0.4, -0.2) is 54.1 Å². The van der Waals surface area contributed by atoms with Gasteiger partial charge in [0.2, 0.25) is 0 Å². The van der Waals surface area contributed by atoms with Gasteiger partial charge in [-0.25, -0.2) is 4.68 Å². The van der Waals surface area contributed by atoms with E-state index < -0.39 is 0 Å². The van der Waals surface area contributed by atoms with Gasteiger partial charge in [-0.15, -0.1) is 5.10 Å². The predicted octanol–water partition coefficient (Wildman–Crippen LogP) is 2.24. The van der Waals surface area contributed by atoms with Crippen molar-refractivity contribution in [2.24, 2.45) is 5.92 Å². The summed E-state index contributed by atoms with van der Waals surface area (Å²) in [5.74, 6) is 0.313. The van der Waals surface area contributed by atoms with Gasteiger partial charge >= 0.3 is 0 Å². The van der Waals surface area contributed by atoms with Crippen molar-refractivity contribution in [3.05, 3.63) is 35.7 Å². The molecule has 0 radical (unpaired) electrons. The van der Waals surface area contributed by atoms with Gasteiger partial charge in [0, 0.05) is 20.1 Å². The largest absolute Gasteiger partial charge is 0.373 e. The van der Waals surface area contributed by atoms with Gasteiger partial charge in [-0.1, -0.05) is 24.3 Å². The number of carbonyl (C=O) groups is 1. The van der Waals surface area contributed by atoms with E-state index in [1.165, 1.54) is 0 Å². The van der Waals surface area contributed by atoms with Crippen LogP contribution in [0, 0.1) is 12.8 Å². The average molecular weight is 368 g/mol. The van der Waals surface area contributed by atoms with Crippen LogP contribution in [0.25, 0.3) is 0 Å². The molecule has 3 heterocycles. The summed E-state index contributed by atoms with van der Waals surface area (Å²) < 4.78 is 1.95. The van der Waals surface area contributed by atoms with Crippen molar-refractivity contribution >= 4 is 17.3 Å². The van der Waals surface area contributed by atoms with Crippen LogP contribution >= 0.6 is 0 Å². The van der Waals surface area contributed by atoms with E-state index in [-0.39, 0.29) is 5.91 Å². The quantitative estimate of drug-likeness (QED) is 0.881. The maximum atomic E-state index is 13.5. The van der Waals surface area contributed by atoms with E-state index in [9.17, 15) is 4.79 Å². The summed E-state index contributed by atoms with van der Waals surface area (Å²) in [5.41, 5.74) is 3.37. The highest BCUT2D eigenvalue weighted by Crippen LogP contribution is 2.33. The summed E-state index contributed by atoms with van der Waals surface area (Å²) in [7, 11) is 2.09. The van der Waals surface area contributed by atoms with E-state index in [2.05, 4.69) is 40.6 Å². The Bertz CT molecular complexity index is 826. The van der Waals surface area contributed by atoms with Gasteiger partial charge < -0.3 is 15.1 Å². The molecular weight excluding hydrogens is 340 g/mol. The fraction of sp³-hybridized carbons (Fsp3) is 0.550. The monoisotopic (exact) mass is 368 g/mol. The number of fused-ring (bicyclic) bond motifs is 1. The number of rotatable bonds is 2. The molecule has 2 aliphatic rings. The minimum Gasteiger partial charge on any atom is -0.373 e. The van der Waals surface area contributed by atoms with Crippen molar-refractivity contribution in [3.63, 3.8) is 0 Å². The van der Waals surface area contributed by atoms with Crippen molar-refractivity contribution in [2.75, 3.05) is 43.0 Å². The van der Waals surface area contributed by atoms with Crippen LogP contribution in [0.5, 0.6) is 0 Å². The molecule has 2 aromatic rings. The lowest BCUT2D eigenvalue weighted by Crippen LogP contribution is -2.35. The van der Waals surface area contributed by atoms with Crippen molar-refractivity contribution in [1.82, 2.24) is 20.3 Å². The molecular formula is C20H28N6O. The van der Waals surface area contributed by atoms with Crippen molar-refractivity contribution in [1.29, 1.82) is 0 Å². The normalized spacial score (nSPS) is 21.1. The highest BCUT2D eigenvalue weighted by molar-refractivity contribution is 6.07. The Kier molecular flexibility index (Phi) is 4.86. The molecule has 1 fully saturated rings. The Morgan fingerprint density at radius 3 is 2.59 bits per heavy atom. The van der Waals surface area contributed by atoms with Gasteiger partial charge in [0.15, 0.2) is 5.69 Å². The van der Waals surface area contributed by atoms with Crippen LogP contribution in [0.2, 0.25) is 0 Å². The number of nitrogens with one attached hydrogen (secondary N) is 1. The Morgan fingerprint density at radius 1 is 1.15 bits per heavy atom. The standard InChI is InChI=1S/C20H28N6O/c1-14-12-24(3)17-6-4-5-7-18(17)25(13-14)20(27)19-15(2)26(23-22-19)16-8-10-21-11-9-16/h4-7,14,16,21H,8-13H2,1-3H3.